The quantitative estimate of drug-likeness (QED) is 0.623. The van der Waals surface area contributed by atoms with Crippen molar-refractivity contribution in [3.63, 3.8) is 0 Å². The second-order valence-corrected chi connectivity index (χ2v) is 6.83. The van der Waals surface area contributed by atoms with Gasteiger partial charge in [-0.3, -0.25) is 9.48 Å². The Balaban J connectivity index is 1.65. The van der Waals surface area contributed by atoms with Crippen LogP contribution in [0.1, 0.15) is 40.7 Å². The van der Waals surface area contributed by atoms with Gasteiger partial charge in [-0.2, -0.15) is 5.10 Å². The molecule has 1 aromatic carbocycles. The van der Waals surface area contributed by atoms with E-state index in [1.165, 1.54) is 5.56 Å². The van der Waals surface area contributed by atoms with Gasteiger partial charge in [0, 0.05) is 51.4 Å². The van der Waals surface area contributed by atoms with Gasteiger partial charge in [0.1, 0.15) is 0 Å². The zero-order chi connectivity index (χ0) is 19.2. The van der Waals surface area contributed by atoms with Gasteiger partial charge in [-0.25, -0.2) is 4.99 Å². The van der Waals surface area contributed by atoms with E-state index in [1.54, 1.807) is 7.05 Å². The largest absolute Gasteiger partial charge is 0.357 e. The number of rotatable bonds is 5. The molecule has 27 heavy (non-hydrogen) atoms. The van der Waals surface area contributed by atoms with Crippen LogP contribution in [0.25, 0.3) is 0 Å². The number of carbonyl (C=O) groups is 1. The van der Waals surface area contributed by atoms with Gasteiger partial charge in [0.15, 0.2) is 5.96 Å². The van der Waals surface area contributed by atoms with Gasteiger partial charge in [-0.05, 0) is 36.6 Å². The van der Waals surface area contributed by atoms with Gasteiger partial charge >= 0.3 is 0 Å². The third-order valence-electron chi connectivity index (χ3n) is 4.87. The van der Waals surface area contributed by atoms with Crippen LogP contribution < -0.4 is 10.6 Å². The van der Waals surface area contributed by atoms with Crippen LogP contribution >= 0.6 is 0 Å². The number of hydrogen-bond acceptors (Lipinski definition) is 3. The molecule has 2 aromatic rings. The zero-order valence-electron chi connectivity index (χ0n) is 16.3. The molecule has 144 valence electrons. The van der Waals surface area contributed by atoms with Crippen LogP contribution in [0.15, 0.2) is 41.7 Å². The third kappa shape index (κ3) is 4.67. The van der Waals surface area contributed by atoms with Crippen molar-refractivity contribution in [2.75, 3.05) is 26.7 Å². The summed E-state index contributed by atoms with van der Waals surface area (Å²) in [5.41, 5.74) is 3.04. The van der Waals surface area contributed by atoms with Crippen molar-refractivity contribution in [3.8, 4) is 0 Å². The highest BCUT2D eigenvalue weighted by Gasteiger charge is 2.26. The average Bonchev–Trinajstić information content (AvgIpc) is 3.34. The molecule has 0 saturated carbocycles. The number of aromatic nitrogens is 2. The summed E-state index contributed by atoms with van der Waals surface area (Å²) < 4.78 is 1.86. The van der Waals surface area contributed by atoms with Gasteiger partial charge in [-0.1, -0.05) is 12.1 Å². The van der Waals surface area contributed by atoms with E-state index < -0.39 is 0 Å². The van der Waals surface area contributed by atoms with Crippen LogP contribution in [0.5, 0.6) is 0 Å². The molecule has 0 radical (unpaired) electrons. The molecule has 3 rings (SSSR count). The highest BCUT2D eigenvalue weighted by molar-refractivity contribution is 5.93. The molecular weight excluding hydrogens is 340 g/mol. The number of hydrogen-bond donors (Lipinski definition) is 2. The molecule has 1 unspecified atom stereocenters. The summed E-state index contributed by atoms with van der Waals surface area (Å²) in [6.45, 7) is 5.45. The molecule has 0 aliphatic carbocycles. The second kappa shape index (κ2) is 8.70. The Labute approximate surface area is 160 Å². The lowest BCUT2D eigenvalue weighted by Crippen LogP contribution is -2.40. The molecule has 1 atom stereocenters. The summed E-state index contributed by atoms with van der Waals surface area (Å²) in [7, 11) is 3.59. The van der Waals surface area contributed by atoms with E-state index in [0.29, 0.717) is 18.0 Å². The Hall–Kier alpha value is -2.83. The summed E-state index contributed by atoms with van der Waals surface area (Å²) >= 11 is 0. The summed E-state index contributed by atoms with van der Waals surface area (Å²) in [5, 5.41) is 10.3. The number of amides is 1. The van der Waals surface area contributed by atoms with E-state index in [2.05, 4.69) is 33.8 Å². The van der Waals surface area contributed by atoms with E-state index >= 15 is 0 Å². The number of carbonyl (C=O) groups excluding carboxylic acids is 1. The summed E-state index contributed by atoms with van der Waals surface area (Å²) in [5.74, 6) is 1.37. The van der Waals surface area contributed by atoms with Gasteiger partial charge in [-0.15, -0.1) is 0 Å². The lowest BCUT2D eigenvalue weighted by molar-refractivity contribution is 0.0963. The normalized spacial score (nSPS) is 17.2. The van der Waals surface area contributed by atoms with Crippen LogP contribution in [0, 0.1) is 0 Å². The summed E-state index contributed by atoms with van der Waals surface area (Å²) in [6.07, 6.45) is 5.18. The molecule has 1 saturated heterocycles. The van der Waals surface area contributed by atoms with E-state index in [9.17, 15) is 4.79 Å². The van der Waals surface area contributed by atoms with E-state index in [4.69, 9.17) is 4.99 Å². The molecule has 0 spiro atoms. The third-order valence-corrected chi connectivity index (χ3v) is 4.87. The van der Waals surface area contributed by atoms with Crippen LogP contribution in [0.2, 0.25) is 0 Å². The van der Waals surface area contributed by atoms with E-state index in [1.807, 2.05) is 42.2 Å². The lowest BCUT2D eigenvalue weighted by Gasteiger charge is -2.21. The Morgan fingerprint density at radius 2 is 2.11 bits per heavy atom. The first kappa shape index (κ1) is 18.9. The topological polar surface area (TPSA) is 74.6 Å². The number of aliphatic imine (C=N–C) groups is 1. The molecule has 1 aromatic heterocycles. The van der Waals surface area contributed by atoms with Crippen molar-refractivity contribution in [2.45, 2.75) is 25.8 Å². The maximum atomic E-state index is 11.6. The highest BCUT2D eigenvalue weighted by Crippen LogP contribution is 2.26. The molecule has 7 heteroatoms. The zero-order valence-corrected chi connectivity index (χ0v) is 16.3. The fourth-order valence-corrected chi connectivity index (χ4v) is 3.37. The number of likely N-dealkylation sites (tertiary alicyclic amines) is 1. The molecule has 1 aliphatic heterocycles. The summed E-state index contributed by atoms with van der Waals surface area (Å²) in [4.78, 5) is 18.8. The fourth-order valence-electron chi connectivity index (χ4n) is 3.37. The van der Waals surface area contributed by atoms with Crippen LogP contribution in [-0.2, 0) is 13.6 Å². The first-order valence-corrected chi connectivity index (χ1v) is 9.43. The molecule has 2 heterocycles. The first-order chi connectivity index (χ1) is 13.1. The smallest absolute Gasteiger partial charge is 0.251 e. The van der Waals surface area contributed by atoms with Gasteiger partial charge in [0.05, 0.1) is 12.7 Å². The monoisotopic (exact) mass is 368 g/mol. The number of nitrogens with zero attached hydrogens (tertiary/aromatic N) is 4. The minimum atomic E-state index is -0.0723. The minimum absolute atomic E-state index is 0.0723. The van der Waals surface area contributed by atoms with Crippen molar-refractivity contribution in [2.24, 2.45) is 12.0 Å². The van der Waals surface area contributed by atoms with Gasteiger partial charge < -0.3 is 15.5 Å². The maximum absolute atomic E-state index is 11.6. The molecular formula is C20H28N6O. The Morgan fingerprint density at radius 3 is 2.74 bits per heavy atom. The fraction of sp³-hybridized carbons (Fsp3) is 0.450. The van der Waals surface area contributed by atoms with E-state index in [0.717, 1.165) is 37.6 Å². The Kier molecular flexibility index (Phi) is 6.11. The van der Waals surface area contributed by atoms with Crippen molar-refractivity contribution in [1.82, 2.24) is 25.3 Å². The maximum Gasteiger partial charge on any atom is 0.251 e. The van der Waals surface area contributed by atoms with Crippen molar-refractivity contribution < 1.29 is 4.79 Å². The van der Waals surface area contributed by atoms with Gasteiger partial charge in [0.25, 0.3) is 5.91 Å². The molecule has 0 bridgehead atoms. The molecule has 7 nitrogen and oxygen atoms in total. The van der Waals surface area contributed by atoms with Crippen molar-refractivity contribution in [1.29, 1.82) is 0 Å². The molecule has 1 amide bonds. The number of guanidine groups is 1. The predicted octanol–water partition coefficient (Wildman–Crippen LogP) is 1.73. The standard InChI is InChI=1S/C20H28N6O/c1-4-22-20(23-11-15-5-7-16(8-6-15)19(27)21-2)26-10-9-17(14-26)18-12-24-25(3)13-18/h5-8,12-13,17H,4,9-11,14H2,1-3H3,(H,21,27)(H,22,23). The molecule has 2 N–H and O–H groups in total. The molecule has 1 aliphatic rings. The van der Waals surface area contributed by atoms with Crippen molar-refractivity contribution in [3.05, 3.63) is 53.3 Å². The number of nitrogens with one attached hydrogen (secondary N) is 2. The van der Waals surface area contributed by atoms with Crippen LogP contribution in [0.3, 0.4) is 0 Å². The summed E-state index contributed by atoms with van der Waals surface area (Å²) in [6, 6.07) is 7.59. The SMILES string of the molecule is CCNC(=NCc1ccc(C(=O)NC)cc1)N1CCC(c2cnn(C)c2)C1. The Morgan fingerprint density at radius 1 is 1.33 bits per heavy atom. The first-order valence-electron chi connectivity index (χ1n) is 9.43. The highest BCUT2D eigenvalue weighted by atomic mass is 16.1. The lowest BCUT2D eigenvalue weighted by atomic mass is 10.0. The van der Waals surface area contributed by atoms with Crippen LogP contribution in [0.4, 0.5) is 0 Å². The average molecular weight is 368 g/mol. The van der Waals surface area contributed by atoms with E-state index in [-0.39, 0.29) is 5.91 Å². The molecule has 1 fully saturated rings. The number of benzene rings is 1. The predicted molar refractivity (Wildman–Crippen MR) is 107 cm³/mol. The number of aryl methyl sites for hydroxylation is 1. The second-order valence-electron chi connectivity index (χ2n) is 6.83. The minimum Gasteiger partial charge on any atom is -0.357 e. The van der Waals surface area contributed by atoms with Gasteiger partial charge in [0.2, 0.25) is 0 Å². The van der Waals surface area contributed by atoms with Crippen molar-refractivity contribution >= 4 is 11.9 Å². The van der Waals surface area contributed by atoms with Crippen LogP contribution in [-0.4, -0.2) is 53.2 Å². The Bertz CT molecular complexity index is 795.